The molecule has 0 atom stereocenters. The van der Waals surface area contributed by atoms with Gasteiger partial charge in [-0.2, -0.15) is 4.31 Å². The lowest BCUT2D eigenvalue weighted by molar-refractivity contribution is 0.293. The molecular weight excluding hydrogens is 272 g/mol. The highest BCUT2D eigenvalue weighted by Gasteiger charge is 2.26. The fourth-order valence-electron chi connectivity index (χ4n) is 1.81. The van der Waals surface area contributed by atoms with E-state index in [2.05, 4.69) is 12.2 Å². The first kappa shape index (κ1) is 13.3. The average molecular weight is 286 g/mol. The highest BCUT2D eigenvalue weighted by atomic mass is 32.2. The van der Waals surface area contributed by atoms with Crippen molar-refractivity contribution in [3.8, 4) is 5.75 Å². The largest absolute Gasteiger partial charge is 0.492 e. The Bertz CT molecular complexity index is 557. The van der Waals surface area contributed by atoms with Gasteiger partial charge in [0.05, 0.1) is 4.99 Å². The number of sulfonamides is 1. The summed E-state index contributed by atoms with van der Waals surface area (Å²) in [5.41, 5.74) is 6.16. The van der Waals surface area contributed by atoms with Crippen molar-refractivity contribution in [2.24, 2.45) is 5.73 Å². The SMILES string of the molecule is NC(=S)CS(=O)(=O)N1CCOc2ccccc2C1. The van der Waals surface area contributed by atoms with Gasteiger partial charge in [-0.1, -0.05) is 30.4 Å². The Morgan fingerprint density at radius 2 is 2.17 bits per heavy atom. The van der Waals surface area contributed by atoms with Crippen LogP contribution in [0.15, 0.2) is 24.3 Å². The standard InChI is InChI=1S/C11H14N2O3S2/c12-11(17)8-18(14,15)13-5-6-16-10-4-2-1-3-9(10)7-13/h1-4H,5-8H2,(H2,12,17). The molecule has 18 heavy (non-hydrogen) atoms. The summed E-state index contributed by atoms with van der Waals surface area (Å²) >= 11 is 4.67. The Morgan fingerprint density at radius 1 is 1.44 bits per heavy atom. The van der Waals surface area contributed by atoms with Crippen LogP contribution in [0.4, 0.5) is 0 Å². The molecule has 0 amide bonds. The van der Waals surface area contributed by atoms with Gasteiger partial charge in [0, 0.05) is 18.7 Å². The number of fused-ring (bicyclic) bond motifs is 1. The van der Waals surface area contributed by atoms with Crippen LogP contribution in [0.5, 0.6) is 5.75 Å². The van der Waals surface area contributed by atoms with E-state index in [1.807, 2.05) is 24.3 Å². The molecule has 5 nitrogen and oxygen atoms in total. The van der Waals surface area contributed by atoms with Crippen molar-refractivity contribution in [2.75, 3.05) is 18.9 Å². The van der Waals surface area contributed by atoms with Crippen molar-refractivity contribution >= 4 is 27.2 Å². The molecule has 0 aliphatic carbocycles. The van der Waals surface area contributed by atoms with Gasteiger partial charge in [0.15, 0.2) is 0 Å². The lowest BCUT2D eigenvalue weighted by Gasteiger charge is -2.18. The summed E-state index contributed by atoms with van der Waals surface area (Å²) in [5.74, 6) is 0.426. The molecular formula is C11H14N2O3S2. The number of nitrogens with two attached hydrogens (primary N) is 1. The number of nitrogens with zero attached hydrogens (tertiary/aromatic N) is 1. The second-order valence-corrected chi connectivity index (χ2v) is 6.51. The number of benzene rings is 1. The molecule has 0 spiro atoms. The normalized spacial score (nSPS) is 16.4. The van der Waals surface area contributed by atoms with Gasteiger partial charge < -0.3 is 10.5 Å². The smallest absolute Gasteiger partial charge is 0.221 e. The van der Waals surface area contributed by atoms with Crippen molar-refractivity contribution in [3.63, 3.8) is 0 Å². The first-order valence-corrected chi connectivity index (χ1v) is 7.47. The summed E-state index contributed by atoms with van der Waals surface area (Å²) in [4.78, 5) is -0.0200. The van der Waals surface area contributed by atoms with E-state index < -0.39 is 10.0 Å². The number of hydrogen-bond acceptors (Lipinski definition) is 4. The maximum Gasteiger partial charge on any atom is 0.221 e. The van der Waals surface area contributed by atoms with Gasteiger partial charge in [-0.15, -0.1) is 0 Å². The molecule has 1 heterocycles. The molecule has 0 saturated carbocycles. The van der Waals surface area contributed by atoms with E-state index in [0.717, 1.165) is 11.3 Å². The molecule has 2 rings (SSSR count). The predicted molar refractivity (Wildman–Crippen MR) is 72.9 cm³/mol. The molecule has 1 aromatic carbocycles. The quantitative estimate of drug-likeness (QED) is 0.819. The Balaban J connectivity index is 2.25. The van der Waals surface area contributed by atoms with E-state index in [-0.39, 0.29) is 10.7 Å². The highest BCUT2D eigenvalue weighted by molar-refractivity contribution is 7.92. The molecule has 0 fully saturated rings. The topological polar surface area (TPSA) is 72.6 Å². The molecule has 0 radical (unpaired) electrons. The molecule has 98 valence electrons. The van der Waals surface area contributed by atoms with Crippen LogP contribution in [-0.2, 0) is 16.6 Å². The highest BCUT2D eigenvalue weighted by Crippen LogP contribution is 2.23. The van der Waals surface area contributed by atoms with Gasteiger partial charge in [0.25, 0.3) is 0 Å². The van der Waals surface area contributed by atoms with Gasteiger partial charge >= 0.3 is 0 Å². The summed E-state index contributed by atoms with van der Waals surface area (Å²) in [5, 5.41) is 0. The van der Waals surface area contributed by atoms with E-state index >= 15 is 0 Å². The third kappa shape index (κ3) is 2.98. The average Bonchev–Trinajstić information content (AvgIpc) is 2.49. The van der Waals surface area contributed by atoms with Crippen LogP contribution in [0.25, 0.3) is 0 Å². The minimum atomic E-state index is -3.46. The van der Waals surface area contributed by atoms with E-state index in [0.29, 0.717) is 19.7 Å². The third-order valence-electron chi connectivity index (χ3n) is 2.64. The molecule has 0 aromatic heterocycles. The monoisotopic (exact) mass is 286 g/mol. The third-order valence-corrected chi connectivity index (χ3v) is 4.74. The lowest BCUT2D eigenvalue weighted by Crippen LogP contribution is -2.37. The van der Waals surface area contributed by atoms with E-state index in [1.165, 1.54) is 4.31 Å². The van der Waals surface area contributed by atoms with Crippen LogP contribution >= 0.6 is 12.2 Å². The molecule has 1 aliphatic heterocycles. The van der Waals surface area contributed by atoms with Crippen LogP contribution < -0.4 is 10.5 Å². The van der Waals surface area contributed by atoms with E-state index in [4.69, 9.17) is 10.5 Å². The minimum absolute atomic E-state index is 0.0200. The van der Waals surface area contributed by atoms with Gasteiger partial charge in [-0.25, -0.2) is 8.42 Å². The zero-order valence-electron chi connectivity index (χ0n) is 9.70. The number of para-hydroxylation sites is 1. The molecule has 2 N–H and O–H groups in total. The Hall–Kier alpha value is -1.18. The van der Waals surface area contributed by atoms with Crippen LogP contribution in [0.1, 0.15) is 5.56 Å². The summed E-state index contributed by atoms with van der Waals surface area (Å²) < 4.78 is 31.0. The Morgan fingerprint density at radius 3 is 2.89 bits per heavy atom. The van der Waals surface area contributed by atoms with Gasteiger partial charge in [-0.05, 0) is 6.07 Å². The van der Waals surface area contributed by atoms with Crippen LogP contribution in [0, 0.1) is 0 Å². The van der Waals surface area contributed by atoms with Crippen LogP contribution in [0.3, 0.4) is 0 Å². The number of hydrogen-bond donors (Lipinski definition) is 1. The zero-order chi connectivity index (χ0) is 13.2. The maximum absolute atomic E-state index is 12.1. The van der Waals surface area contributed by atoms with Gasteiger partial charge in [-0.3, -0.25) is 0 Å². The van der Waals surface area contributed by atoms with Crippen molar-refractivity contribution in [3.05, 3.63) is 29.8 Å². The molecule has 1 aliphatic rings. The predicted octanol–water partition coefficient (Wildman–Crippen LogP) is 0.497. The summed E-state index contributed by atoms with van der Waals surface area (Å²) in [7, 11) is -3.46. The number of thiocarbonyl (C=S) groups is 1. The summed E-state index contributed by atoms with van der Waals surface area (Å²) in [6.07, 6.45) is 0. The molecule has 0 saturated heterocycles. The van der Waals surface area contributed by atoms with E-state index in [9.17, 15) is 8.42 Å². The number of rotatable bonds is 3. The molecule has 0 unspecified atom stereocenters. The second-order valence-electron chi connectivity index (χ2n) is 4.01. The second kappa shape index (κ2) is 5.21. The van der Waals surface area contributed by atoms with Gasteiger partial charge in [0.2, 0.25) is 10.0 Å². The number of ether oxygens (including phenoxy) is 1. The van der Waals surface area contributed by atoms with E-state index in [1.54, 1.807) is 0 Å². The first-order valence-electron chi connectivity index (χ1n) is 5.46. The van der Waals surface area contributed by atoms with Crippen molar-refractivity contribution < 1.29 is 13.2 Å². The molecule has 0 bridgehead atoms. The van der Waals surface area contributed by atoms with Crippen molar-refractivity contribution in [2.45, 2.75) is 6.54 Å². The molecule has 7 heteroatoms. The van der Waals surface area contributed by atoms with Crippen molar-refractivity contribution in [1.29, 1.82) is 0 Å². The Labute approximate surface area is 112 Å². The lowest BCUT2D eigenvalue weighted by atomic mass is 10.2. The Kier molecular flexibility index (Phi) is 3.84. The zero-order valence-corrected chi connectivity index (χ0v) is 11.3. The van der Waals surface area contributed by atoms with Crippen LogP contribution in [-0.4, -0.2) is 36.6 Å². The fraction of sp³-hybridized carbons (Fsp3) is 0.364. The first-order chi connectivity index (χ1) is 8.49. The minimum Gasteiger partial charge on any atom is -0.492 e. The van der Waals surface area contributed by atoms with Crippen molar-refractivity contribution in [1.82, 2.24) is 4.31 Å². The maximum atomic E-state index is 12.1. The molecule has 1 aromatic rings. The summed E-state index contributed by atoms with van der Waals surface area (Å²) in [6.45, 7) is 0.925. The van der Waals surface area contributed by atoms with Gasteiger partial charge in [0.1, 0.15) is 18.1 Å². The summed E-state index contributed by atoms with van der Waals surface area (Å²) in [6, 6.07) is 7.40. The fourth-order valence-corrected chi connectivity index (χ4v) is 3.49. The van der Waals surface area contributed by atoms with Crippen LogP contribution in [0.2, 0.25) is 0 Å².